The number of nitrogens with two attached hydrogens (primary N) is 1. The zero-order chi connectivity index (χ0) is 12.6. The van der Waals surface area contributed by atoms with E-state index in [0.29, 0.717) is 11.2 Å². The van der Waals surface area contributed by atoms with E-state index in [1.807, 2.05) is 6.92 Å². The molecule has 0 atom stereocenters. The number of hydrogen-bond acceptors (Lipinski definition) is 3. The minimum absolute atomic E-state index is 0.0577. The molecule has 0 amide bonds. The average molecular weight is 244 g/mol. The number of fused-ring (bicyclic) bond motifs is 1. The Bertz CT molecular complexity index is 544. The maximum absolute atomic E-state index is 12.1. The number of imidazole rings is 1. The summed E-state index contributed by atoms with van der Waals surface area (Å²) in [7, 11) is 0. The number of hydrogen-bond donors (Lipinski definition) is 1. The molecule has 2 aromatic heterocycles. The van der Waals surface area contributed by atoms with Gasteiger partial charge in [0.15, 0.2) is 5.65 Å². The maximum Gasteiger partial charge on any atom is 0.390 e. The zero-order valence-electron chi connectivity index (χ0n) is 9.12. The Kier molecular flexibility index (Phi) is 2.68. The number of alkyl halides is 3. The van der Waals surface area contributed by atoms with Gasteiger partial charge in [-0.05, 0) is 18.6 Å². The van der Waals surface area contributed by atoms with E-state index in [2.05, 4.69) is 9.97 Å². The minimum atomic E-state index is -4.21. The van der Waals surface area contributed by atoms with Crippen molar-refractivity contribution in [3.63, 3.8) is 0 Å². The predicted molar refractivity (Wildman–Crippen MR) is 57.3 cm³/mol. The first-order valence-electron chi connectivity index (χ1n) is 5.02. The first kappa shape index (κ1) is 11.7. The van der Waals surface area contributed by atoms with Gasteiger partial charge < -0.3 is 5.73 Å². The number of nitrogens with zero attached hydrogens (tertiary/aromatic N) is 3. The monoisotopic (exact) mass is 244 g/mol. The second-order valence-electron chi connectivity index (χ2n) is 3.84. The van der Waals surface area contributed by atoms with Gasteiger partial charge in [0.1, 0.15) is 5.52 Å². The fourth-order valence-corrected chi connectivity index (χ4v) is 1.59. The van der Waals surface area contributed by atoms with Crippen LogP contribution in [0.15, 0.2) is 12.3 Å². The summed E-state index contributed by atoms with van der Waals surface area (Å²) in [5.74, 6) is 0.0577. The van der Waals surface area contributed by atoms with Crippen molar-refractivity contribution in [3.05, 3.63) is 17.8 Å². The molecule has 2 heterocycles. The Hall–Kier alpha value is -1.79. The Labute approximate surface area is 95.3 Å². The van der Waals surface area contributed by atoms with Gasteiger partial charge in [0, 0.05) is 12.7 Å². The van der Waals surface area contributed by atoms with E-state index in [4.69, 9.17) is 5.73 Å². The number of rotatable bonds is 2. The number of anilines is 1. The van der Waals surface area contributed by atoms with Crippen molar-refractivity contribution in [1.82, 2.24) is 14.5 Å². The van der Waals surface area contributed by atoms with Crippen molar-refractivity contribution in [3.8, 4) is 0 Å². The fraction of sp³-hybridized carbons (Fsp3) is 0.400. The lowest BCUT2D eigenvalue weighted by Gasteiger charge is -2.08. The van der Waals surface area contributed by atoms with Crippen LogP contribution in [-0.2, 0) is 6.54 Å². The van der Waals surface area contributed by atoms with Gasteiger partial charge in [0.05, 0.1) is 6.42 Å². The van der Waals surface area contributed by atoms with E-state index in [1.54, 1.807) is 12.3 Å². The van der Waals surface area contributed by atoms with Crippen molar-refractivity contribution in [2.75, 3.05) is 5.73 Å². The molecule has 0 aliphatic carbocycles. The number of aromatic nitrogens is 3. The summed E-state index contributed by atoms with van der Waals surface area (Å²) in [5.41, 5.74) is 7.37. The van der Waals surface area contributed by atoms with Gasteiger partial charge >= 0.3 is 6.18 Å². The molecule has 0 saturated heterocycles. The molecule has 0 aliphatic rings. The molecule has 0 unspecified atom stereocenters. The Morgan fingerprint density at radius 1 is 1.41 bits per heavy atom. The highest BCUT2D eigenvalue weighted by atomic mass is 19.4. The quantitative estimate of drug-likeness (QED) is 0.881. The third kappa shape index (κ3) is 2.48. The average Bonchev–Trinajstić information content (AvgIpc) is 2.48. The van der Waals surface area contributed by atoms with Crippen LogP contribution in [0, 0.1) is 6.92 Å². The summed E-state index contributed by atoms with van der Waals surface area (Å²) in [5, 5.41) is 0. The molecule has 0 aliphatic heterocycles. The molecule has 0 bridgehead atoms. The van der Waals surface area contributed by atoms with Crippen LogP contribution in [0.4, 0.5) is 19.1 Å². The number of pyridine rings is 1. The van der Waals surface area contributed by atoms with Gasteiger partial charge in [-0.3, -0.25) is 4.57 Å². The maximum atomic E-state index is 12.1. The smallest absolute Gasteiger partial charge is 0.369 e. The molecule has 0 fully saturated rings. The van der Waals surface area contributed by atoms with Gasteiger partial charge in [-0.15, -0.1) is 0 Å². The molecule has 92 valence electrons. The topological polar surface area (TPSA) is 56.7 Å². The van der Waals surface area contributed by atoms with Gasteiger partial charge in [-0.1, -0.05) is 0 Å². The SMILES string of the molecule is Cc1cnc2c(c1)nc(N)n2CCC(F)(F)F. The van der Waals surface area contributed by atoms with Crippen molar-refractivity contribution >= 4 is 17.1 Å². The molecular formula is C10H11F3N4. The van der Waals surface area contributed by atoms with E-state index in [-0.39, 0.29) is 12.5 Å². The highest BCUT2D eigenvalue weighted by Crippen LogP contribution is 2.23. The molecule has 0 aromatic carbocycles. The number of aryl methyl sites for hydroxylation is 2. The Balaban J connectivity index is 2.36. The van der Waals surface area contributed by atoms with Crippen molar-refractivity contribution < 1.29 is 13.2 Å². The summed E-state index contributed by atoms with van der Waals surface area (Å²) in [4.78, 5) is 8.04. The predicted octanol–water partition coefficient (Wildman–Crippen LogP) is 2.27. The van der Waals surface area contributed by atoms with Gasteiger partial charge in [0.2, 0.25) is 5.95 Å². The third-order valence-electron chi connectivity index (χ3n) is 2.37. The minimum Gasteiger partial charge on any atom is -0.369 e. The Morgan fingerprint density at radius 3 is 2.76 bits per heavy atom. The van der Waals surface area contributed by atoms with Gasteiger partial charge in [-0.25, -0.2) is 9.97 Å². The van der Waals surface area contributed by atoms with Crippen molar-refractivity contribution in [2.45, 2.75) is 26.1 Å². The second kappa shape index (κ2) is 3.90. The second-order valence-corrected chi connectivity index (χ2v) is 3.84. The van der Waals surface area contributed by atoms with Crippen LogP contribution in [0.25, 0.3) is 11.2 Å². The summed E-state index contributed by atoms with van der Waals surface area (Å²) >= 11 is 0. The van der Waals surface area contributed by atoms with Gasteiger partial charge in [0.25, 0.3) is 0 Å². The molecule has 0 saturated carbocycles. The Morgan fingerprint density at radius 2 is 2.12 bits per heavy atom. The first-order chi connectivity index (χ1) is 7.87. The van der Waals surface area contributed by atoms with Crippen LogP contribution in [-0.4, -0.2) is 20.7 Å². The molecular weight excluding hydrogens is 233 g/mol. The highest BCUT2D eigenvalue weighted by Gasteiger charge is 2.27. The normalized spacial score (nSPS) is 12.2. The third-order valence-corrected chi connectivity index (χ3v) is 2.37. The molecule has 0 radical (unpaired) electrons. The van der Waals surface area contributed by atoms with Gasteiger partial charge in [-0.2, -0.15) is 13.2 Å². The van der Waals surface area contributed by atoms with Crippen LogP contribution in [0.3, 0.4) is 0 Å². The van der Waals surface area contributed by atoms with E-state index in [1.165, 1.54) is 4.57 Å². The lowest BCUT2D eigenvalue weighted by atomic mass is 10.3. The highest BCUT2D eigenvalue weighted by molar-refractivity contribution is 5.74. The summed E-state index contributed by atoms with van der Waals surface area (Å²) < 4.78 is 37.7. The van der Waals surface area contributed by atoms with Crippen molar-refractivity contribution in [1.29, 1.82) is 0 Å². The zero-order valence-corrected chi connectivity index (χ0v) is 9.12. The molecule has 4 nitrogen and oxygen atoms in total. The van der Waals surface area contributed by atoms with Crippen LogP contribution >= 0.6 is 0 Å². The number of halogens is 3. The van der Waals surface area contributed by atoms with Crippen molar-refractivity contribution in [2.24, 2.45) is 0 Å². The van der Waals surface area contributed by atoms with Crippen LogP contribution < -0.4 is 5.73 Å². The van der Waals surface area contributed by atoms with E-state index in [0.717, 1.165) is 5.56 Å². The summed E-state index contributed by atoms with van der Waals surface area (Å²) in [6.07, 6.45) is -3.58. The largest absolute Gasteiger partial charge is 0.390 e. The van der Waals surface area contributed by atoms with Crippen LogP contribution in [0.1, 0.15) is 12.0 Å². The standard InChI is InChI=1S/C10H11F3N4/c1-6-4-7-8(15-5-6)17(9(14)16-7)3-2-10(11,12)13/h4-5H,2-3H2,1H3,(H2,14,16). The molecule has 2 N–H and O–H groups in total. The van der Waals surface area contributed by atoms with E-state index < -0.39 is 12.6 Å². The molecule has 2 aromatic rings. The van der Waals surface area contributed by atoms with Crippen LogP contribution in [0.2, 0.25) is 0 Å². The summed E-state index contributed by atoms with van der Waals surface area (Å²) in [6.45, 7) is 1.57. The molecule has 7 heteroatoms. The lowest BCUT2D eigenvalue weighted by molar-refractivity contribution is -0.136. The summed E-state index contributed by atoms with van der Waals surface area (Å²) in [6, 6.07) is 1.74. The molecule has 2 rings (SSSR count). The number of nitrogen functional groups attached to an aromatic ring is 1. The molecule has 17 heavy (non-hydrogen) atoms. The lowest BCUT2D eigenvalue weighted by Crippen LogP contribution is -2.13. The van der Waals surface area contributed by atoms with Crippen LogP contribution in [0.5, 0.6) is 0 Å². The first-order valence-corrected chi connectivity index (χ1v) is 5.02. The fourth-order valence-electron chi connectivity index (χ4n) is 1.59. The molecule has 0 spiro atoms. The van der Waals surface area contributed by atoms with E-state index in [9.17, 15) is 13.2 Å². The van der Waals surface area contributed by atoms with E-state index >= 15 is 0 Å².